The van der Waals surface area contributed by atoms with E-state index in [2.05, 4.69) is 38.4 Å². The van der Waals surface area contributed by atoms with E-state index in [9.17, 15) is 4.79 Å². The summed E-state index contributed by atoms with van der Waals surface area (Å²) < 4.78 is 0. The molecule has 0 saturated carbocycles. The summed E-state index contributed by atoms with van der Waals surface area (Å²) in [5.74, 6) is 2.38. The van der Waals surface area contributed by atoms with E-state index in [4.69, 9.17) is 4.98 Å². The predicted molar refractivity (Wildman–Crippen MR) is 105 cm³/mol. The first-order chi connectivity index (χ1) is 13.3. The van der Waals surface area contributed by atoms with E-state index in [0.29, 0.717) is 17.6 Å². The average Bonchev–Trinajstić information content (AvgIpc) is 2.75. The van der Waals surface area contributed by atoms with Crippen LogP contribution in [0.5, 0.6) is 0 Å². The van der Waals surface area contributed by atoms with Crippen LogP contribution in [0, 0.1) is 5.92 Å². The van der Waals surface area contributed by atoms with Gasteiger partial charge in [-0.25, -0.2) is 9.97 Å². The Labute approximate surface area is 159 Å². The minimum atomic E-state index is 0.184. The minimum Gasteiger partial charge on any atom is -0.342 e. The normalized spacial score (nSPS) is 20.4. The molecule has 0 bridgehead atoms. The monoisotopic (exact) mass is 363 g/mol. The van der Waals surface area contributed by atoms with Gasteiger partial charge in [-0.05, 0) is 44.2 Å². The Morgan fingerprint density at radius 1 is 1.07 bits per heavy atom. The van der Waals surface area contributed by atoms with E-state index in [0.717, 1.165) is 56.7 Å². The molecule has 1 amide bonds. The number of allylic oxidation sites excluding steroid dienone is 2. The fraction of sp³-hybridized carbons (Fsp3) is 0.429. The molecule has 1 N–H and O–H groups in total. The largest absolute Gasteiger partial charge is 0.342 e. The predicted octanol–water partition coefficient (Wildman–Crippen LogP) is 3.68. The summed E-state index contributed by atoms with van der Waals surface area (Å²) in [5, 5.41) is 3.20. The number of amides is 1. The molecule has 6 nitrogen and oxygen atoms in total. The van der Waals surface area contributed by atoms with Crippen molar-refractivity contribution in [2.24, 2.45) is 5.92 Å². The molecule has 27 heavy (non-hydrogen) atoms. The second-order valence-electron chi connectivity index (χ2n) is 7.24. The van der Waals surface area contributed by atoms with Gasteiger partial charge in [-0.2, -0.15) is 0 Å². The first-order valence-electron chi connectivity index (χ1n) is 9.73. The van der Waals surface area contributed by atoms with Crippen LogP contribution in [0.4, 0.5) is 11.6 Å². The Kier molecular flexibility index (Phi) is 5.42. The van der Waals surface area contributed by atoms with Gasteiger partial charge in [-0.1, -0.05) is 18.2 Å². The third-order valence-electron chi connectivity index (χ3n) is 5.43. The van der Waals surface area contributed by atoms with E-state index in [1.807, 2.05) is 12.1 Å². The number of aromatic nitrogens is 3. The zero-order chi connectivity index (χ0) is 18.5. The summed E-state index contributed by atoms with van der Waals surface area (Å²) in [6.45, 7) is 1.65. The number of piperidine rings is 1. The third kappa shape index (κ3) is 4.32. The van der Waals surface area contributed by atoms with Crippen molar-refractivity contribution in [2.45, 2.75) is 38.0 Å². The Morgan fingerprint density at radius 3 is 2.70 bits per heavy atom. The summed E-state index contributed by atoms with van der Waals surface area (Å²) >= 11 is 0. The maximum Gasteiger partial charge on any atom is 0.226 e. The molecule has 1 aliphatic heterocycles. The maximum atomic E-state index is 12.7. The molecule has 2 aliphatic rings. The van der Waals surface area contributed by atoms with Crippen molar-refractivity contribution in [3.8, 4) is 0 Å². The quantitative estimate of drug-likeness (QED) is 0.839. The van der Waals surface area contributed by atoms with Gasteiger partial charge in [0.2, 0.25) is 5.91 Å². The van der Waals surface area contributed by atoms with Gasteiger partial charge in [-0.15, -0.1) is 0 Å². The van der Waals surface area contributed by atoms with Crippen molar-refractivity contribution in [1.29, 1.82) is 0 Å². The van der Waals surface area contributed by atoms with Gasteiger partial charge in [-0.3, -0.25) is 9.78 Å². The second-order valence-corrected chi connectivity index (χ2v) is 7.24. The lowest BCUT2D eigenvalue weighted by Gasteiger charge is -2.34. The fourth-order valence-corrected chi connectivity index (χ4v) is 3.92. The molecule has 0 radical (unpaired) electrons. The number of hydrogen-bond acceptors (Lipinski definition) is 5. The second kappa shape index (κ2) is 8.29. The number of hydrogen-bond donors (Lipinski definition) is 1. The lowest BCUT2D eigenvalue weighted by atomic mass is 9.89. The number of anilines is 2. The molecule has 140 valence electrons. The van der Waals surface area contributed by atoms with Crippen LogP contribution < -0.4 is 5.32 Å². The number of rotatable bonds is 4. The van der Waals surface area contributed by atoms with Gasteiger partial charge in [0.15, 0.2) is 0 Å². The average molecular weight is 363 g/mol. The molecule has 4 rings (SSSR count). The first kappa shape index (κ1) is 17.6. The fourth-order valence-electron chi connectivity index (χ4n) is 3.92. The number of nitrogens with zero attached hydrogens (tertiary/aromatic N) is 4. The van der Waals surface area contributed by atoms with Crippen LogP contribution in [0.1, 0.15) is 43.7 Å². The van der Waals surface area contributed by atoms with Crippen molar-refractivity contribution in [1.82, 2.24) is 19.9 Å². The van der Waals surface area contributed by atoms with Crippen LogP contribution in [0.25, 0.3) is 0 Å². The molecule has 1 saturated heterocycles. The van der Waals surface area contributed by atoms with Crippen molar-refractivity contribution in [3.63, 3.8) is 0 Å². The molecule has 3 heterocycles. The SMILES string of the molecule is O=C([C@@H]1CC=CCC1)N1CCC(c2cccc(Nc3cnccn3)n2)CC1. The molecule has 1 aliphatic carbocycles. The summed E-state index contributed by atoms with van der Waals surface area (Å²) in [7, 11) is 0. The summed E-state index contributed by atoms with van der Waals surface area (Å²) in [5.41, 5.74) is 1.08. The Hall–Kier alpha value is -2.76. The molecule has 1 fully saturated rings. The number of nitrogens with one attached hydrogen (secondary N) is 1. The van der Waals surface area contributed by atoms with Crippen molar-refractivity contribution in [3.05, 3.63) is 54.6 Å². The molecular weight excluding hydrogens is 338 g/mol. The van der Waals surface area contributed by atoms with E-state index in [1.54, 1.807) is 18.6 Å². The van der Waals surface area contributed by atoms with Crippen LogP contribution in [0.3, 0.4) is 0 Å². The van der Waals surface area contributed by atoms with Gasteiger partial charge in [0.25, 0.3) is 0 Å². The highest BCUT2D eigenvalue weighted by Crippen LogP contribution is 2.30. The van der Waals surface area contributed by atoms with E-state index in [1.165, 1.54) is 0 Å². The Bertz CT molecular complexity index is 799. The van der Waals surface area contributed by atoms with Gasteiger partial charge in [0.05, 0.1) is 6.20 Å². The highest BCUT2D eigenvalue weighted by Gasteiger charge is 2.29. The highest BCUT2D eigenvalue weighted by molar-refractivity contribution is 5.79. The number of carbonyl (C=O) groups excluding carboxylic acids is 1. The number of pyridine rings is 1. The van der Waals surface area contributed by atoms with Crippen LogP contribution in [0.2, 0.25) is 0 Å². The first-order valence-corrected chi connectivity index (χ1v) is 9.73. The van der Waals surface area contributed by atoms with E-state index < -0.39 is 0 Å². The molecular formula is C21H25N5O. The van der Waals surface area contributed by atoms with Crippen LogP contribution in [-0.4, -0.2) is 38.8 Å². The zero-order valence-corrected chi connectivity index (χ0v) is 15.4. The number of carbonyl (C=O) groups is 1. The summed E-state index contributed by atoms with van der Waals surface area (Å²) in [4.78, 5) is 27.8. The van der Waals surface area contributed by atoms with Gasteiger partial charge < -0.3 is 10.2 Å². The van der Waals surface area contributed by atoms with Crippen molar-refractivity contribution >= 4 is 17.5 Å². The molecule has 0 spiro atoms. The Balaban J connectivity index is 1.36. The minimum absolute atomic E-state index is 0.184. The summed E-state index contributed by atoms with van der Waals surface area (Å²) in [6.07, 6.45) is 14.2. The van der Waals surface area contributed by atoms with E-state index >= 15 is 0 Å². The van der Waals surface area contributed by atoms with Gasteiger partial charge >= 0.3 is 0 Å². The highest BCUT2D eigenvalue weighted by atomic mass is 16.2. The third-order valence-corrected chi connectivity index (χ3v) is 5.43. The summed E-state index contributed by atoms with van der Waals surface area (Å²) in [6, 6.07) is 6.04. The van der Waals surface area contributed by atoms with Crippen molar-refractivity contribution < 1.29 is 4.79 Å². The molecule has 0 aromatic carbocycles. The molecule has 6 heteroatoms. The lowest BCUT2D eigenvalue weighted by Crippen LogP contribution is -2.41. The smallest absolute Gasteiger partial charge is 0.226 e. The van der Waals surface area contributed by atoms with Crippen LogP contribution in [-0.2, 0) is 4.79 Å². The van der Waals surface area contributed by atoms with Crippen LogP contribution >= 0.6 is 0 Å². The van der Waals surface area contributed by atoms with Gasteiger partial charge in [0, 0.05) is 43.0 Å². The zero-order valence-electron chi connectivity index (χ0n) is 15.4. The van der Waals surface area contributed by atoms with E-state index in [-0.39, 0.29) is 5.92 Å². The van der Waals surface area contributed by atoms with Gasteiger partial charge in [0.1, 0.15) is 11.6 Å². The molecule has 2 aromatic rings. The standard InChI is InChI=1S/C21H25N5O/c27-21(17-5-2-1-3-6-17)26-13-9-16(10-14-26)18-7-4-8-19(24-18)25-20-15-22-11-12-23-20/h1-2,4,7-8,11-12,15-17H,3,5-6,9-10,13-14H2,(H,23,24,25)/t17-/m1/s1. The molecule has 1 atom stereocenters. The maximum absolute atomic E-state index is 12.7. The van der Waals surface area contributed by atoms with Crippen LogP contribution in [0.15, 0.2) is 48.9 Å². The lowest BCUT2D eigenvalue weighted by molar-refractivity contribution is -0.136. The Morgan fingerprint density at radius 2 is 1.96 bits per heavy atom. The van der Waals surface area contributed by atoms with Crippen molar-refractivity contribution in [2.75, 3.05) is 18.4 Å². The molecule has 2 aromatic heterocycles. The topological polar surface area (TPSA) is 71.0 Å². The molecule has 0 unspecified atom stereocenters. The number of likely N-dealkylation sites (tertiary alicyclic amines) is 1.